The van der Waals surface area contributed by atoms with E-state index in [4.69, 9.17) is 15.3 Å². The van der Waals surface area contributed by atoms with Crippen LogP contribution in [0.5, 0.6) is 5.88 Å². The average molecular weight is 198 g/mol. The lowest BCUT2D eigenvalue weighted by molar-refractivity contribution is 0.0888. The van der Waals surface area contributed by atoms with Crippen molar-refractivity contribution in [1.82, 2.24) is 9.97 Å². The Bertz CT molecular complexity index is 282. The molecule has 0 amide bonds. The van der Waals surface area contributed by atoms with Gasteiger partial charge in [0.25, 0.3) is 0 Å². The third kappa shape index (κ3) is 3.15. The minimum absolute atomic E-state index is 0.0673. The number of nitrogen functional groups attached to an aromatic ring is 1. The Labute approximate surface area is 82.4 Å². The summed E-state index contributed by atoms with van der Waals surface area (Å²) < 4.78 is 10.3. The second-order valence-corrected chi connectivity index (χ2v) is 2.77. The summed E-state index contributed by atoms with van der Waals surface area (Å²) in [6.07, 6.45) is 2.96. The fourth-order valence-corrected chi connectivity index (χ4v) is 0.949. The second kappa shape index (κ2) is 5.36. The van der Waals surface area contributed by atoms with Crippen LogP contribution in [0.15, 0.2) is 12.4 Å². The number of nitrogens with two attached hydrogens (primary N) is 1. The summed E-state index contributed by atoms with van der Waals surface area (Å²) in [6, 6.07) is 0. The molecule has 0 bridgehead atoms. The molecule has 0 fully saturated rings. The lowest BCUT2D eigenvalue weighted by Gasteiger charge is -2.12. The number of nitrogens with zero attached hydrogens (tertiary/aromatic N) is 2. The Kier molecular flexibility index (Phi) is 4.09. The van der Waals surface area contributed by atoms with E-state index in [1.165, 1.54) is 12.4 Å². The second-order valence-electron chi connectivity index (χ2n) is 2.77. The van der Waals surface area contributed by atoms with Crippen molar-refractivity contribution < 1.29 is 9.47 Å². The van der Waals surface area contributed by atoms with Gasteiger partial charge in [0, 0.05) is 7.11 Å². The molecule has 1 rings (SSSR count). The van der Waals surface area contributed by atoms with Crippen LogP contribution in [0, 0.1) is 0 Å². The van der Waals surface area contributed by atoms with Crippen LogP contribution in [0.25, 0.3) is 0 Å². The van der Waals surface area contributed by atoms with Crippen LogP contribution < -0.4 is 16.0 Å². The van der Waals surface area contributed by atoms with Crippen molar-refractivity contribution in [3.05, 3.63) is 12.4 Å². The van der Waals surface area contributed by atoms with Crippen molar-refractivity contribution in [2.75, 3.05) is 19.1 Å². The molecule has 1 aromatic rings. The molecule has 0 aliphatic heterocycles. The van der Waals surface area contributed by atoms with Crippen LogP contribution in [0.1, 0.15) is 6.92 Å². The topological polar surface area (TPSA) is 82.3 Å². The first kappa shape index (κ1) is 10.7. The number of hydrazine groups is 1. The Morgan fingerprint density at radius 1 is 1.57 bits per heavy atom. The molecule has 6 nitrogen and oxygen atoms in total. The van der Waals surface area contributed by atoms with Crippen molar-refractivity contribution >= 4 is 5.82 Å². The number of aromatic nitrogens is 2. The number of anilines is 1. The maximum atomic E-state index is 5.40. The lowest BCUT2D eigenvalue weighted by atomic mass is 10.4. The number of methoxy groups -OCH3 is 1. The van der Waals surface area contributed by atoms with Crippen molar-refractivity contribution in [2.45, 2.75) is 13.0 Å². The molecule has 0 aliphatic carbocycles. The molecule has 14 heavy (non-hydrogen) atoms. The normalized spacial score (nSPS) is 12.2. The van der Waals surface area contributed by atoms with Crippen molar-refractivity contribution in [3.63, 3.8) is 0 Å². The average Bonchev–Trinajstić information content (AvgIpc) is 2.18. The van der Waals surface area contributed by atoms with Gasteiger partial charge in [0.1, 0.15) is 6.10 Å². The third-order valence-electron chi connectivity index (χ3n) is 1.48. The standard InChI is InChI=1S/C8H14N4O2/c1-6(5-13-2)14-8-4-10-3-7(11-8)12-9/h3-4,6H,5,9H2,1-2H3,(H,11,12). The Hall–Kier alpha value is -1.40. The molecule has 3 N–H and O–H groups in total. The smallest absolute Gasteiger partial charge is 0.234 e. The predicted octanol–water partition coefficient (Wildman–Crippen LogP) is 0.176. The van der Waals surface area contributed by atoms with Gasteiger partial charge in [-0.05, 0) is 6.92 Å². The van der Waals surface area contributed by atoms with Gasteiger partial charge >= 0.3 is 0 Å². The van der Waals surface area contributed by atoms with Gasteiger partial charge in [0.05, 0.1) is 19.0 Å². The van der Waals surface area contributed by atoms with Crippen molar-refractivity contribution in [2.24, 2.45) is 5.84 Å². The zero-order chi connectivity index (χ0) is 10.4. The van der Waals surface area contributed by atoms with E-state index in [1.807, 2.05) is 6.92 Å². The minimum atomic E-state index is -0.0673. The van der Waals surface area contributed by atoms with Crippen molar-refractivity contribution in [3.8, 4) is 5.88 Å². The molecule has 0 spiro atoms. The van der Waals surface area contributed by atoms with Gasteiger partial charge < -0.3 is 14.9 Å². The fourth-order valence-electron chi connectivity index (χ4n) is 0.949. The molecule has 0 aromatic carbocycles. The Morgan fingerprint density at radius 2 is 2.36 bits per heavy atom. The van der Waals surface area contributed by atoms with Crippen LogP contribution >= 0.6 is 0 Å². The highest BCUT2D eigenvalue weighted by Crippen LogP contribution is 2.09. The molecule has 0 saturated heterocycles. The van der Waals surface area contributed by atoms with E-state index in [1.54, 1.807) is 7.11 Å². The molecule has 78 valence electrons. The van der Waals surface area contributed by atoms with Gasteiger partial charge in [-0.2, -0.15) is 4.98 Å². The summed E-state index contributed by atoms with van der Waals surface area (Å²) in [6.45, 7) is 2.38. The number of hydrogen-bond acceptors (Lipinski definition) is 6. The monoisotopic (exact) mass is 198 g/mol. The molecular weight excluding hydrogens is 184 g/mol. The zero-order valence-corrected chi connectivity index (χ0v) is 8.23. The van der Waals surface area contributed by atoms with Gasteiger partial charge in [-0.25, -0.2) is 5.84 Å². The van der Waals surface area contributed by atoms with Gasteiger partial charge in [-0.1, -0.05) is 0 Å². The fraction of sp³-hybridized carbons (Fsp3) is 0.500. The highest BCUT2D eigenvalue weighted by molar-refractivity contribution is 5.31. The van der Waals surface area contributed by atoms with E-state index >= 15 is 0 Å². The van der Waals surface area contributed by atoms with E-state index in [9.17, 15) is 0 Å². The van der Waals surface area contributed by atoms with E-state index in [0.29, 0.717) is 18.3 Å². The highest BCUT2D eigenvalue weighted by Gasteiger charge is 2.04. The molecule has 1 heterocycles. The van der Waals surface area contributed by atoms with Gasteiger partial charge in [-0.15, -0.1) is 0 Å². The van der Waals surface area contributed by atoms with Crippen LogP contribution in [-0.2, 0) is 4.74 Å². The first-order valence-corrected chi connectivity index (χ1v) is 4.20. The Morgan fingerprint density at radius 3 is 3.00 bits per heavy atom. The van der Waals surface area contributed by atoms with E-state index in [0.717, 1.165) is 0 Å². The van der Waals surface area contributed by atoms with Crippen LogP contribution in [0.4, 0.5) is 5.82 Å². The first-order chi connectivity index (χ1) is 6.76. The number of ether oxygens (including phenoxy) is 2. The molecule has 6 heteroatoms. The molecule has 1 unspecified atom stereocenters. The molecule has 0 saturated carbocycles. The number of hydrogen-bond donors (Lipinski definition) is 2. The molecule has 0 aliphatic rings. The lowest BCUT2D eigenvalue weighted by Crippen LogP contribution is -2.19. The van der Waals surface area contributed by atoms with Gasteiger partial charge in [0.2, 0.25) is 5.88 Å². The van der Waals surface area contributed by atoms with Crippen LogP contribution in [0.2, 0.25) is 0 Å². The number of rotatable bonds is 5. The summed E-state index contributed by atoms with van der Waals surface area (Å²) in [5.41, 5.74) is 2.39. The highest BCUT2D eigenvalue weighted by atomic mass is 16.5. The summed E-state index contributed by atoms with van der Waals surface area (Å²) in [7, 11) is 1.61. The van der Waals surface area contributed by atoms with Crippen LogP contribution in [0.3, 0.4) is 0 Å². The number of nitrogens with one attached hydrogen (secondary N) is 1. The summed E-state index contributed by atoms with van der Waals surface area (Å²) >= 11 is 0. The quantitative estimate of drug-likeness (QED) is 0.518. The third-order valence-corrected chi connectivity index (χ3v) is 1.48. The maximum absolute atomic E-state index is 5.40. The van der Waals surface area contributed by atoms with E-state index in [2.05, 4.69) is 15.4 Å². The first-order valence-electron chi connectivity index (χ1n) is 4.20. The largest absolute Gasteiger partial charge is 0.471 e. The molecular formula is C8H14N4O2. The minimum Gasteiger partial charge on any atom is -0.471 e. The summed E-state index contributed by atoms with van der Waals surface area (Å²) in [5.74, 6) is 6.06. The van der Waals surface area contributed by atoms with E-state index in [-0.39, 0.29) is 6.10 Å². The SMILES string of the molecule is COCC(C)Oc1cncc(NN)n1. The Balaban J connectivity index is 2.57. The predicted molar refractivity (Wildman–Crippen MR) is 51.8 cm³/mol. The maximum Gasteiger partial charge on any atom is 0.234 e. The van der Waals surface area contributed by atoms with E-state index < -0.39 is 0 Å². The summed E-state index contributed by atoms with van der Waals surface area (Å²) in [4.78, 5) is 7.93. The van der Waals surface area contributed by atoms with Crippen LogP contribution in [-0.4, -0.2) is 29.8 Å². The van der Waals surface area contributed by atoms with Gasteiger partial charge in [-0.3, -0.25) is 4.98 Å². The zero-order valence-electron chi connectivity index (χ0n) is 8.23. The molecule has 1 atom stereocenters. The van der Waals surface area contributed by atoms with Crippen molar-refractivity contribution in [1.29, 1.82) is 0 Å². The molecule has 0 radical (unpaired) electrons. The van der Waals surface area contributed by atoms with Gasteiger partial charge in [0.15, 0.2) is 5.82 Å². The molecule has 1 aromatic heterocycles. The summed E-state index contributed by atoms with van der Waals surface area (Å²) in [5, 5.41) is 0.